The normalized spacial score (nSPS) is 11.9. The van der Waals surface area contributed by atoms with Gasteiger partial charge in [0.2, 0.25) is 0 Å². The van der Waals surface area contributed by atoms with E-state index in [1.807, 2.05) is 22.9 Å². The molecule has 0 aliphatic carbocycles. The Morgan fingerprint density at radius 2 is 2.19 bits per heavy atom. The summed E-state index contributed by atoms with van der Waals surface area (Å²) in [7, 11) is 0. The number of thiophene rings is 1. The van der Waals surface area contributed by atoms with Crippen molar-refractivity contribution < 1.29 is 0 Å². The van der Waals surface area contributed by atoms with Crippen molar-refractivity contribution in [2.24, 2.45) is 0 Å². The van der Waals surface area contributed by atoms with Gasteiger partial charge in [0, 0.05) is 35.0 Å². The van der Waals surface area contributed by atoms with Crippen LogP contribution in [-0.2, 0) is 12.0 Å². The van der Waals surface area contributed by atoms with Crippen LogP contribution in [0.3, 0.4) is 0 Å². The number of rotatable bonds is 5. The van der Waals surface area contributed by atoms with E-state index in [-0.39, 0.29) is 5.41 Å². The summed E-state index contributed by atoms with van der Waals surface area (Å²) in [5.41, 5.74) is 0.200. The highest BCUT2D eigenvalue weighted by Crippen LogP contribution is 2.26. The molecular formula is C12H16N2S2. The van der Waals surface area contributed by atoms with E-state index < -0.39 is 0 Å². The Bertz CT molecular complexity index is 404. The Hall–Kier alpha value is -0.710. The summed E-state index contributed by atoms with van der Waals surface area (Å²) in [6.45, 7) is 6.39. The standard InChI is InChI=1S/C12H16N2S2/c1-12(2,10-4-3-6-15-10)9-13-8-11-14-5-7-16-11/h3-7,13H,8-9H2,1-2H3. The summed E-state index contributed by atoms with van der Waals surface area (Å²) in [5, 5.41) is 8.78. The van der Waals surface area contributed by atoms with E-state index in [1.165, 1.54) is 4.88 Å². The molecule has 0 amide bonds. The first-order valence-electron chi connectivity index (χ1n) is 5.31. The fourth-order valence-electron chi connectivity index (χ4n) is 1.57. The minimum Gasteiger partial charge on any atom is -0.310 e. The lowest BCUT2D eigenvalue weighted by Gasteiger charge is -2.23. The predicted octanol–water partition coefficient (Wildman–Crippen LogP) is 3.27. The molecule has 0 unspecified atom stereocenters. The van der Waals surface area contributed by atoms with Crippen molar-refractivity contribution in [2.45, 2.75) is 25.8 Å². The molecule has 0 radical (unpaired) electrons. The largest absolute Gasteiger partial charge is 0.310 e. The van der Waals surface area contributed by atoms with E-state index in [0.29, 0.717) is 0 Å². The van der Waals surface area contributed by atoms with Crippen molar-refractivity contribution >= 4 is 22.7 Å². The van der Waals surface area contributed by atoms with Gasteiger partial charge in [0.05, 0.1) is 0 Å². The van der Waals surface area contributed by atoms with Crippen LogP contribution in [-0.4, -0.2) is 11.5 Å². The molecule has 0 aromatic carbocycles. The maximum atomic E-state index is 4.26. The van der Waals surface area contributed by atoms with Crippen LogP contribution in [0, 0.1) is 0 Å². The van der Waals surface area contributed by atoms with E-state index >= 15 is 0 Å². The highest BCUT2D eigenvalue weighted by atomic mass is 32.1. The lowest BCUT2D eigenvalue weighted by molar-refractivity contribution is 0.476. The zero-order chi connectivity index (χ0) is 11.4. The van der Waals surface area contributed by atoms with Gasteiger partial charge in [-0.05, 0) is 11.4 Å². The van der Waals surface area contributed by atoms with Gasteiger partial charge in [-0.2, -0.15) is 0 Å². The average Bonchev–Trinajstić information content (AvgIpc) is 2.90. The quantitative estimate of drug-likeness (QED) is 0.883. The first-order valence-corrected chi connectivity index (χ1v) is 7.07. The highest BCUT2D eigenvalue weighted by Gasteiger charge is 2.20. The lowest BCUT2D eigenvalue weighted by Crippen LogP contribution is -2.31. The molecule has 0 aliphatic heterocycles. The summed E-state index contributed by atoms with van der Waals surface area (Å²) in [5.74, 6) is 0. The number of hydrogen-bond acceptors (Lipinski definition) is 4. The minimum absolute atomic E-state index is 0.200. The van der Waals surface area contributed by atoms with Gasteiger partial charge in [-0.1, -0.05) is 19.9 Å². The van der Waals surface area contributed by atoms with Crippen molar-refractivity contribution in [1.29, 1.82) is 0 Å². The fourth-order valence-corrected chi connectivity index (χ4v) is 3.01. The second kappa shape index (κ2) is 5.08. The third kappa shape index (κ3) is 2.90. The highest BCUT2D eigenvalue weighted by molar-refractivity contribution is 7.10. The molecule has 16 heavy (non-hydrogen) atoms. The van der Waals surface area contributed by atoms with Crippen LogP contribution >= 0.6 is 22.7 Å². The summed E-state index contributed by atoms with van der Waals surface area (Å²) < 4.78 is 0. The van der Waals surface area contributed by atoms with Gasteiger partial charge in [-0.15, -0.1) is 22.7 Å². The number of nitrogens with one attached hydrogen (secondary N) is 1. The Balaban J connectivity index is 1.85. The van der Waals surface area contributed by atoms with Crippen molar-refractivity contribution in [3.63, 3.8) is 0 Å². The van der Waals surface area contributed by atoms with Crippen LogP contribution in [0.2, 0.25) is 0 Å². The zero-order valence-corrected chi connectivity index (χ0v) is 11.2. The third-order valence-electron chi connectivity index (χ3n) is 2.51. The van der Waals surface area contributed by atoms with E-state index in [2.05, 4.69) is 41.7 Å². The average molecular weight is 252 g/mol. The monoisotopic (exact) mass is 252 g/mol. The zero-order valence-electron chi connectivity index (χ0n) is 9.56. The van der Waals surface area contributed by atoms with Crippen LogP contribution in [0.25, 0.3) is 0 Å². The second-order valence-electron chi connectivity index (χ2n) is 4.39. The molecule has 2 nitrogen and oxygen atoms in total. The fraction of sp³-hybridized carbons (Fsp3) is 0.417. The first-order chi connectivity index (χ1) is 7.68. The Morgan fingerprint density at radius 1 is 1.31 bits per heavy atom. The molecule has 2 aromatic rings. The smallest absolute Gasteiger partial charge is 0.106 e. The molecule has 0 aliphatic rings. The third-order valence-corrected chi connectivity index (χ3v) is 4.53. The SMILES string of the molecule is CC(C)(CNCc1nccs1)c1cccs1. The molecule has 0 bridgehead atoms. The summed E-state index contributed by atoms with van der Waals surface area (Å²) in [6, 6.07) is 4.32. The van der Waals surface area contributed by atoms with Gasteiger partial charge >= 0.3 is 0 Å². The Labute approximate surface area is 104 Å². The molecule has 2 rings (SSSR count). The second-order valence-corrected chi connectivity index (χ2v) is 6.32. The predicted molar refractivity (Wildman–Crippen MR) is 71.2 cm³/mol. The Kier molecular flexibility index (Phi) is 3.74. The topological polar surface area (TPSA) is 24.9 Å². The summed E-state index contributed by atoms with van der Waals surface area (Å²) in [6.07, 6.45) is 1.85. The Morgan fingerprint density at radius 3 is 2.81 bits per heavy atom. The number of nitrogens with zero attached hydrogens (tertiary/aromatic N) is 1. The van der Waals surface area contributed by atoms with E-state index in [1.54, 1.807) is 11.3 Å². The van der Waals surface area contributed by atoms with E-state index in [4.69, 9.17) is 0 Å². The van der Waals surface area contributed by atoms with Crippen molar-refractivity contribution in [3.05, 3.63) is 39.0 Å². The number of thiazole rings is 1. The maximum Gasteiger partial charge on any atom is 0.106 e. The van der Waals surface area contributed by atoms with Gasteiger partial charge in [-0.25, -0.2) is 4.98 Å². The number of hydrogen-bond donors (Lipinski definition) is 1. The molecule has 4 heteroatoms. The molecule has 0 saturated carbocycles. The van der Waals surface area contributed by atoms with Gasteiger partial charge in [0.1, 0.15) is 5.01 Å². The van der Waals surface area contributed by atoms with Gasteiger partial charge in [0.25, 0.3) is 0 Å². The summed E-state index contributed by atoms with van der Waals surface area (Å²) in [4.78, 5) is 5.69. The molecule has 1 N–H and O–H groups in total. The minimum atomic E-state index is 0.200. The number of aromatic nitrogens is 1. The van der Waals surface area contributed by atoms with Crippen molar-refractivity contribution in [2.75, 3.05) is 6.54 Å². The molecule has 0 saturated heterocycles. The van der Waals surface area contributed by atoms with Crippen molar-refractivity contribution in [3.8, 4) is 0 Å². The van der Waals surface area contributed by atoms with E-state index in [0.717, 1.165) is 18.1 Å². The molecule has 0 atom stereocenters. The lowest BCUT2D eigenvalue weighted by atomic mass is 9.91. The van der Waals surface area contributed by atoms with Crippen molar-refractivity contribution in [1.82, 2.24) is 10.3 Å². The molecule has 0 fully saturated rings. The maximum absolute atomic E-state index is 4.26. The molecule has 0 spiro atoms. The summed E-state index contributed by atoms with van der Waals surface area (Å²) >= 11 is 3.52. The van der Waals surface area contributed by atoms with Crippen LogP contribution in [0.5, 0.6) is 0 Å². The van der Waals surface area contributed by atoms with Gasteiger partial charge in [0.15, 0.2) is 0 Å². The molecule has 2 aromatic heterocycles. The van der Waals surface area contributed by atoms with Gasteiger partial charge in [-0.3, -0.25) is 0 Å². The van der Waals surface area contributed by atoms with Crippen LogP contribution in [0.1, 0.15) is 23.7 Å². The van der Waals surface area contributed by atoms with Crippen LogP contribution in [0.4, 0.5) is 0 Å². The molecular weight excluding hydrogens is 236 g/mol. The first kappa shape index (κ1) is 11.8. The molecule has 2 heterocycles. The van der Waals surface area contributed by atoms with E-state index in [9.17, 15) is 0 Å². The van der Waals surface area contributed by atoms with Crippen LogP contribution < -0.4 is 5.32 Å². The van der Waals surface area contributed by atoms with Gasteiger partial charge < -0.3 is 5.32 Å². The molecule has 86 valence electrons. The van der Waals surface area contributed by atoms with Crippen LogP contribution in [0.15, 0.2) is 29.1 Å².